The number of allylic oxidation sites excluding steroid dienone is 2. The van der Waals surface area contributed by atoms with Gasteiger partial charge in [0.1, 0.15) is 10.8 Å². The second-order valence-electron chi connectivity index (χ2n) is 4.81. The number of rotatable bonds is 4. The summed E-state index contributed by atoms with van der Waals surface area (Å²) in [7, 11) is 0. The number of nitrogens with one attached hydrogen (secondary N) is 1. The van der Waals surface area contributed by atoms with Crippen LogP contribution in [0.2, 0.25) is 0 Å². The van der Waals surface area contributed by atoms with Gasteiger partial charge >= 0.3 is 0 Å². The fourth-order valence-corrected chi connectivity index (χ4v) is 2.37. The zero-order valence-electron chi connectivity index (χ0n) is 11.2. The average Bonchev–Trinajstić information content (AvgIpc) is 2.38. The van der Waals surface area contributed by atoms with Crippen LogP contribution < -0.4 is 10.1 Å². The molecule has 0 amide bonds. The second kappa shape index (κ2) is 6.11. The van der Waals surface area contributed by atoms with Gasteiger partial charge < -0.3 is 10.1 Å². The Labute approximate surface area is 118 Å². The van der Waals surface area contributed by atoms with E-state index in [9.17, 15) is 4.79 Å². The molecule has 0 aliphatic heterocycles. The number of benzene rings is 1. The number of ketones is 1. The summed E-state index contributed by atoms with van der Waals surface area (Å²) in [5.41, 5.74) is 1.73. The molecular weight excluding hydrogens is 262 g/mol. The molecule has 1 atom stereocenters. The molecule has 102 valence electrons. The fourth-order valence-electron chi connectivity index (χ4n) is 2.17. The predicted octanol–water partition coefficient (Wildman–Crippen LogP) is 3.95. The highest BCUT2D eigenvalue weighted by Gasteiger charge is 2.23. The molecule has 1 aromatic carbocycles. The number of hydrogen-bond acceptors (Lipinski definition) is 3. The molecule has 1 aliphatic rings. The third-order valence-electron chi connectivity index (χ3n) is 3.06. The van der Waals surface area contributed by atoms with E-state index in [1.807, 2.05) is 31.2 Å². The van der Waals surface area contributed by atoms with Crippen molar-refractivity contribution >= 4 is 23.1 Å². The summed E-state index contributed by atoms with van der Waals surface area (Å²) in [6, 6.07) is 7.64. The third kappa shape index (κ3) is 3.51. The van der Waals surface area contributed by atoms with Crippen molar-refractivity contribution in [2.45, 2.75) is 26.7 Å². The number of carbonyl (C=O) groups excluding carboxylic acids is 1. The van der Waals surface area contributed by atoms with Crippen LogP contribution in [-0.4, -0.2) is 12.4 Å². The minimum absolute atomic E-state index is 0.0221. The molecule has 1 aliphatic carbocycles. The first-order chi connectivity index (χ1) is 9.10. The normalized spacial score (nSPS) is 19.5. The van der Waals surface area contributed by atoms with Gasteiger partial charge in [-0.3, -0.25) is 4.79 Å². The van der Waals surface area contributed by atoms with Gasteiger partial charge in [-0.05, 0) is 43.5 Å². The highest BCUT2D eigenvalue weighted by atomic mass is 35.5. The third-order valence-corrected chi connectivity index (χ3v) is 3.50. The molecule has 2 rings (SSSR count). The smallest absolute Gasteiger partial charge is 0.176 e. The Kier molecular flexibility index (Phi) is 4.48. The van der Waals surface area contributed by atoms with Crippen molar-refractivity contribution in [2.75, 3.05) is 11.9 Å². The predicted molar refractivity (Wildman–Crippen MR) is 77.5 cm³/mol. The molecule has 4 heteroatoms. The summed E-state index contributed by atoms with van der Waals surface area (Å²) in [5, 5.41) is 3.57. The van der Waals surface area contributed by atoms with E-state index in [0.717, 1.165) is 23.6 Å². The van der Waals surface area contributed by atoms with Crippen LogP contribution in [0.1, 0.15) is 26.7 Å². The van der Waals surface area contributed by atoms with Gasteiger partial charge in [-0.1, -0.05) is 18.5 Å². The van der Waals surface area contributed by atoms with E-state index >= 15 is 0 Å². The first-order valence-electron chi connectivity index (χ1n) is 6.52. The van der Waals surface area contributed by atoms with Crippen molar-refractivity contribution in [3.63, 3.8) is 0 Å². The quantitative estimate of drug-likeness (QED) is 0.907. The van der Waals surface area contributed by atoms with Crippen LogP contribution in [0.15, 0.2) is 35.0 Å². The lowest BCUT2D eigenvalue weighted by Gasteiger charge is -2.22. The van der Waals surface area contributed by atoms with E-state index in [1.165, 1.54) is 0 Å². The van der Waals surface area contributed by atoms with Crippen molar-refractivity contribution in [3.8, 4) is 5.75 Å². The van der Waals surface area contributed by atoms with Crippen molar-refractivity contribution in [1.29, 1.82) is 0 Å². The molecule has 0 unspecified atom stereocenters. The fraction of sp³-hybridized carbons (Fsp3) is 0.400. The molecule has 1 N–H and O–H groups in total. The van der Waals surface area contributed by atoms with Crippen LogP contribution in [-0.2, 0) is 4.79 Å². The topological polar surface area (TPSA) is 38.3 Å². The van der Waals surface area contributed by atoms with Crippen LogP contribution in [0.3, 0.4) is 0 Å². The van der Waals surface area contributed by atoms with Gasteiger partial charge in [0.15, 0.2) is 5.78 Å². The molecule has 19 heavy (non-hydrogen) atoms. The standard InChI is InChI=1S/C15H18ClNO2/c1-3-19-12-6-4-11(5-7-12)17-13-8-10(2)9-14(18)15(13)16/h4-7,10,17H,3,8-9H2,1-2H3/t10-/m1/s1. The summed E-state index contributed by atoms with van der Waals surface area (Å²) in [6.07, 6.45) is 1.34. The highest BCUT2D eigenvalue weighted by molar-refractivity contribution is 6.43. The van der Waals surface area contributed by atoms with Crippen molar-refractivity contribution in [1.82, 2.24) is 0 Å². The van der Waals surface area contributed by atoms with Crippen LogP contribution in [0, 0.1) is 5.92 Å². The van der Waals surface area contributed by atoms with Crippen LogP contribution in [0.5, 0.6) is 5.75 Å². The first kappa shape index (κ1) is 13.9. The lowest BCUT2D eigenvalue weighted by Crippen LogP contribution is -2.19. The lowest BCUT2D eigenvalue weighted by molar-refractivity contribution is -0.116. The highest BCUT2D eigenvalue weighted by Crippen LogP contribution is 2.30. The van der Waals surface area contributed by atoms with Gasteiger partial charge in [-0.25, -0.2) is 0 Å². The van der Waals surface area contributed by atoms with Crippen LogP contribution in [0.4, 0.5) is 5.69 Å². The number of anilines is 1. The van der Waals surface area contributed by atoms with E-state index in [0.29, 0.717) is 24.0 Å². The molecular formula is C15H18ClNO2. The summed E-state index contributed by atoms with van der Waals surface area (Å²) < 4.78 is 5.39. The number of Topliss-reactive ketones (excluding diaryl/α,β-unsaturated/α-hetero) is 1. The number of hydrogen-bond donors (Lipinski definition) is 1. The first-order valence-corrected chi connectivity index (χ1v) is 6.89. The maximum atomic E-state index is 11.7. The molecule has 0 fully saturated rings. The van der Waals surface area contributed by atoms with E-state index in [2.05, 4.69) is 12.2 Å². The van der Waals surface area contributed by atoms with E-state index in [1.54, 1.807) is 0 Å². The molecule has 0 heterocycles. The van der Waals surface area contributed by atoms with E-state index < -0.39 is 0 Å². The molecule has 0 saturated heterocycles. The zero-order valence-corrected chi connectivity index (χ0v) is 12.0. The summed E-state index contributed by atoms with van der Waals surface area (Å²) >= 11 is 6.07. The van der Waals surface area contributed by atoms with Gasteiger partial charge in [0.2, 0.25) is 0 Å². The number of halogens is 1. The number of ether oxygens (including phenoxy) is 1. The minimum Gasteiger partial charge on any atom is -0.494 e. The van der Waals surface area contributed by atoms with E-state index in [4.69, 9.17) is 16.3 Å². The Balaban J connectivity index is 2.11. The monoisotopic (exact) mass is 279 g/mol. The maximum absolute atomic E-state index is 11.7. The molecule has 0 aromatic heterocycles. The summed E-state index contributed by atoms with van der Waals surface area (Å²) in [5.74, 6) is 1.19. The van der Waals surface area contributed by atoms with E-state index in [-0.39, 0.29) is 5.78 Å². The van der Waals surface area contributed by atoms with Crippen molar-refractivity contribution < 1.29 is 9.53 Å². The van der Waals surface area contributed by atoms with Crippen LogP contribution >= 0.6 is 11.6 Å². The minimum atomic E-state index is 0.0221. The van der Waals surface area contributed by atoms with Gasteiger partial charge in [0, 0.05) is 17.8 Å². The summed E-state index contributed by atoms with van der Waals surface area (Å²) in [6.45, 7) is 4.66. The molecule has 0 spiro atoms. The maximum Gasteiger partial charge on any atom is 0.176 e. The van der Waals surface area contributed by atoms with Gasteiger partial charge in [0.25, 0.3) is 0 Å². The Morgan fingerprint density at radius 2 is 2.00 bits per heavy atom. The van der Waals surface area contributed by atoms with Gasteiger partial charge in [-0.15, -0.1) is 0 Å². The SMILES string of the molecule is CCOc1ccc(NC2=C(Cl)C(=O)C[C@H](C)C2)cc1. The molecule has 0 bridgehead atoms. The Morgan fingerprint density at radius 1 is 1.32 bits per heavy atom. The Morgan fingerprint density at radius 3 is 2.63 bits per heavy atom. The second-order valence-corrected chi connectivity index (χ2v) is 5.19. The van der Waals surface area contributed by atoms with Crippen molar-refractivity contribution in [3.05, 3.63) is 35.0 Å². The number of carbonyl (C=O) groups is 1. The largest absolute Gasteiger partial charge is 0.494 e. The average molecular weight is 280 g/mol. The Hall–Kier alpha value is -1.48. The molecule has 1 aromatic rings. The lowest BCUT2D eigenvalue weighted by atomic mass is 9.92. The van der Waals surface area contributed by atoms with Gasteiger partial charge in [-0.2, -0.15) is 0 Å². The molecule has 3 nitrogen and oxygen atoms in total. The van der Waals surface area contributed by atoms with Crippen molar-refractivity contribution in [2.24, 2.45) is 5.92 Å². The van der Waals surface area contributed by atoms with Gasteiger partial charge in [0.05, 0.1) is 6.61 Å². The summed E-state index contributed by atoms with van der Waals surface area (Å²) in [4.78, 5) is 11.7. The molecule has 0 radical (unpaired) electrons. The zero-order chi connectivity index (χ0) is 13.8. The Bertz CT molecular complexity index is 493. The molecule has 0 saturated carbocycles. The van der Waals surface area contributed by atoms with Crippen LogP contribution in [0.25, 0.3) is 0 Å².